The number of methoxy groups -OCH3 is 1. The van der Waals surface area contributed by atoms with Gasteiger partial charge in [0, 0.05) is 10.9 Å². The Morgan fingerprint density at radius 3 is 2.57 bits per heavy atom. The number of fused-ring (bicyclic) bond motifs is 3. The van der Waals surface area contributed by atoms with Crippen molar-refractivity contribution >= 4 is 17.3 Å². The number of allylic oxidation sites excluding steroid dienone is 2. The molecule has 5 rings (SSSR count). The zero-order valence-electron chi connectivity index (χ0n) is 16.8. The Morgan fingerprint density at radius 2 is 1.80 bits per heavy atom. The summed E-state index contributed by atoms with van der Waals surface area (Å²) in [6.07, 6.45) is 5.73. The summed E-state index contributed by atoms with van der Waals surface area (Å²) in [5.41, 5.74) is 4.80. The Balaban J connectivity index is 1.35. The van der Waals surface area contributed by atoms with Crippen molar-refractivity contribution in [3.8, 4) is 11.5 Å². The molecule has 152 valence electrons. The van der Waals surface area contributed by atoms with Gasteiger partial charge in [-0.3, -0.25) is 0 Å². The van der Waals surface area contributed by atoms with E-state index < -0.39 is 0 Å². The highest BCUT2D eigenvalue weighted by atomic mass is 35.5. The van der Waals surface area contributed by atoms with E-state index in [1.165, 1.54) is 11.1 Å². The summed E-state index contributed by atoms with van der Waals surface area (Å²) in [4.78, 5) is 0. The second-order valence-corrected chi connectivity index (χ2v) is 8.32. The molecule has 0 spiro atoms. The lowest BCUT2D eigenvalue weighted by atomic mass is 9.77. The van der Waals surface area contributed by atoms with E-state index in [4.69, 9.17) is 21.1 Å². The van der Waals surface area contributed by atoms with Crippen molar-refractivity contribution in [2.24, 2.45) is 5.92 Å². The summed E-state index contributed by atoms with van der Waals surface area (Å²) in [7, 11) is 1.73. The second kappa shape index (κ2) is 8.08. The van der Waals surface area contributed by atoms with Crippen LogP contribution in [0.25, 0.3) is 0 Å². The zero-order valence-corrected chi connectivity index (χ0v) is 17.6. The van der Waals surface area contributed by atoms with Crippen molar-refractivity contribution in [1.29, 1.82) is 0 Å². The second-order valence-electron chi connectivity index (χ2n) is 7.88. The molecule has 0 unspecified atom stereocenters. The van der Waals surface area contributed by atoms with E-state index in [0.717, 1.165) is 34.2 Å². The van der Waals surface area contributed by atoms with Gasteiger partial charge in [-0.2, -0.15) is 0 Å². The van der Waals surface area contributed by atoms with E-state index in [0.29, 0.717) is 18.4 Å². The van der Waals surface area contributed by atoms with Crippen LogP contribution in [0, 0.1) is 5.92 Å². The van der Waals surface area contributed by atoms with Crippen LogP contribution in [0.15, 0.2) is 78.9 Å². The number of rotatable bonds is 5. The predicted molar refractivity (Wildman–Crippen MR) is 122 cm³/mol. The Labute approximate surface area is 182 Å². The quantitative estimate of drug-likeness (QED) is 0.465. The molecule has 0 saturated heterocycles. The van der Waals surface area contributed by atoms with Gasteiger partial charge in [0.1, 0.15) is 18.1 Å². The zero-order chi connectivity index (χ0) is 20.5. The number of ether oxygens (including phenoxy) is 2. The van der Waals surface area contributed by atoms with Gasteiger partial charge < -0.3 is 14.8 Å². The van der Waals surface area contributed by atoms with Crippen molar-refractivity contribution in [2.75, 3.05) is 12.4 Å². The molecular weight excluding hydrogens is 394 g/mol. The van der Waals surface area contributed by atoms with Gasteiger partial charge in [0.2, 0.25) is 0 Å². The number of para-hydroxylation sites is 1. The molecule has 3 aromatic carbocycles. The van der Waals surface area contributed by atoms with Crippen LogP contribution in [0.3, 0.4) is 0 Å². The molecular formula is C26H24ClNO2. The molecule has 0 aromatic heterocycles. The molecule has 0 fully saturated rings. The van der Waals surface area contributed by atoms with Crippen LogP contribution < -0.4 is 14.8 Å². The van der Waals surface area contributed by atoms with Gasteiger partial charge in [0.25, 0.3) is 0 Å². The van der Waals surface area contributed by atoms with Crippen LogP contribution in [0.5, 0.6) is 11.5 Å². The number of nitrogens with one attached hydrogen (secondary N) is 1. The standard InChI is InChI=1S/C26H24ClNO2/c1-29-24-7-3-6-23-21-4-2-5-22(21)25(28-26(23)24)18-10-14-20(15-11-18)30-16-17-8-12-19(27)13-9-17/h2-4,6-15,21-22,25,28H,5,16H2,1H3/t21-,22+,25+/m1/s1. The maximum absolute atomic E-state index is 5.96. The summed E-state index contributed by atoms with van der Waals surface area (Å²) in [5, 5.41) is 4.51. The number of anilines is 1. The van der Waals surface area contributed by atoms with Crippen LogP contribution in [0.2, 0.25) is 5.02 Å². The SMILES string of the molecule is COc1cccc2c1N[C@@H](c1ccc(OCc3ccc(Cl)cc3)cc1)[C@H]1CC=C[C@@H]21. The van der Waals surface area contributed by atoms with Crippen LogP contribution in [0.4, 0.5) is 5.69 Å². The lowest BCUT2D eigenvalue weighted by molar-refractivity contribution is 0.306. The lowest BCUT2D eigenvalue weighted by Crippen LogP contribution is -2.29. The minimum absolute atomic E-state index is 0.235. The lowest BCUT2D eigenvalue weighted by Gasteiger charge is -2.38. The fourth-order valence-electron chi connectivity index (χ4n) is 4.61. The van der Waals surface area contributed by atoms with Crippen LogP contribution in [0.1, 0.15) is 35.1 Å². The van der Waals surface area contributed by atoms with Crippen LogP contribution in [-0.2, 0) is 6.61 Å². The molecule has 1 heterocycles. The van der Waals surface area contributed by atoms with Gasteiger partial charge in [0.05, 0.1) is 18.8 Å². The molecule has 4 heteroatoms. The highest BCUT2D eigenvalue weighted by Gasteiger charge is 2.38. The maximum atomic E-state index is 5.96. The first-order valence-corrected chi connectivity index (χ1v) is 10.7. The first-order chi connectivity index (χ1) is 14.7. The smallest absolute Gasteiger partial charge is 0.142 e. The number of benzene rings is 3. The summed E-state index contributed by atoms with van der Waals surface area (Å²) < 4.78 is 11.6. The molecule has 3 nitrogen and oxygen atoms in total. The van der Waals surface area contributed by atoms with Gasteiger partial charge in [0.15, 0.2) is 0 Å². The van der Waals surface area contributed by atoms with Gasteiger partial charge in [-0.1, -0.05) is 60.2 Å². The Kier molecular flexibility index (Phi) is 5.14. The molecule has 3 aromatic rings. The maximum Gasteiger partial charge on any atom is 0.142 e. The summed E-state index contributed by atoms with van der Waals surface area (Å²) in [6, 6.07) is 22.7. The normalized spacial score (nSPS) is 21.5. The predicted octanol–water partition coefficient (Wildman–Crippen LogP) is 6.75. The van der Waals surface area contributed by atoms with Crippen LogP contribution in [-0.4, -0.2) is 7.11 Å². The third-order valence-electron chi connectivity index (χ3n) is 6.14. The highest BCUT2D eigenvalue weighted by molar-refractivity contribution is 6.30. The van der Waals surface area contributed by atoms with Crippen molar-refractivity contribution < 1.29 is 9.47 Å². The highest BCUT2D eigenvalue weighted by Crippen LogP contribution is 2.52. The first kappa shape index (κ1) is 19.1. The molecule has 1 aliphatic heterocycles. The summed E-state index contributed by atoms with van der Waals surface area (Å²) in [6.45, 7) is 0.525. The average molecular weight is 418 g/mol. The Hall–Kier alpha value is -2.91. The van der Waals surface area contributed by atoms with Gasteiger partial charge >= 0.3 is 0 Å². The molecule has 0 saturated carbocycles. The van der Waals surface area contributed by atoms with E-state index >= 15 is 0 Å². The third-order valence-corrected chi connectivity index (χ3v) is 6.39. The topological polar surface area (TPSA) is 30.5 Å². The molecule has 3 atom stereocenters. The average Bonchev–Trinajstić information content (AvgIpc) is 3.28. The molecule has 0 radical (unpaired) electrons. The number of hydrogen-bond donors (Lipinski definition) is 1. The van der Waals surface area contributed by atoms with E-state index in [9.17, 15) is 0 Å². The number of hydrogen-bond acceptors (Lipinski definition) is 3. The van der Waals surface area contributed by atoms with E-state index in [1.54, 1.807) is 7.11 Å². The molecule has 2 aliphatic rings. The van der Waals surface area contributed by atoms with Gasteiger partial charge in [-0.15, -0.1) is 0 Å². The van der Waals surface area contributed by atoms with Gasteiger partial charge in [-0.05, 0) is 59.4 Å². The minimum atomic E-state index is 0.235. The monoisotopic (exact) mass is 417 g/mol. The van der Waals surface area contributed by atoms with E-state index in [1.807, 2.05) is 30.3 Å². The summed E-state index contributed by atoms with van der Waals surface area (Å²) >= 11 is 5.95. The van der Waals surface area contributed by atoms with Crippen molar-refractivity contribution in [2.45, 2.75) is 25.0 Å². The van der Waals surface area contributed by atoms with Crippen molar-refractivity contribution in [3.63, 3.8) is 0 Å². The van der Waals surface area contributed by atoms with Crippen LogP contribution >= 0.6 is 11.6 Å². The van der Waals surface area contributed by atoms with E-state index in [2.05, 4.69) is 53.9 Å². The Bertz CT molecular complexity index is 1060. The third kappa shape index (κ3) is 3.54. The number of halogens is 1. The van der Waals surface area contributed by atoms with Gasteiger partial charge in [-0.25, -0.2) is 0 Å². The Morgan fingerprint density at radius 1 is 1.00 bits per heavy atom. The van der Waals surface area contributed by atoms with Crippen molar-refractivity contribution in [3.05, 3.63) is 101 Å². The summed E-state index contributed by atoms with van der Waals surface area (Å²) in [5.74, 6) is 2.69. The largest absolute Gasteiger partial charge is 0.495 e. The molecule has 1 N–H and O–H groups in total. The molecule has 0 amide bonds. The molecule has 1 aliphatic carbocycles. The minimum Gasteiger partial charge on any atom is -0.495 e. The van der Waals surface area contributed by atoms with Crippen molar-refractivity contribution in [1.82, 2.24) is 0 Å². The first-order valence-electron chi connectivity index (χ1n) is 10.3. The fraction of sp³-hybridized carbons (Fsp3) is 0.231. The molecule has 30 heavy (non-hydrogen) atoms. The van der Waals surface area contributed by atoms with E-state index in [-0.39, 0.29) is 6.04 Å². The fourth-order valence-corrected chi connectivity index (χ4v) is 4.74. The molecule has 0 bridgehead atoms.